The minimum atomic E-state index is 0.0259. The second kappa shape index (κ2) is 7.66. The maximum absolute atomic E-state index is 10.2. The monoisotopic (exact) mass is 456 g/mol. The zero-order valence-electron chi connectivity index (χ0n) is 14.7. The number of hydrogen-bond donors (Lipinski definition) is 1. The smallest absolute Gasteiger partial charge is 0.228 e. The number of phenols is 1. The highest BCUT2D eigenvalue weighted by molar-refractivity contribution is 9.10. The Hall–Kier alpha value is -2.83. The largest absolute Gasteiger partial charge is 0.504 e. The Balaban J connectivity index is 1.68. The number of aromatic hydroxyl groups is 1. The Morgan fingerprint density at radius 3 is 2.79 bits per heavy atom. The fraction of sp³-hybridized carbons (Fsp3) is 0.0476. The third-order valence-corrected chi connectivity index (χ3v) is 4.90. The van der Waals surface area contributed by atoms with E-state index in [0.29, 0.717) is 39.0 Å². The predicted molar refractivity (Wildman–Crippen MR) is 114 cm³/mol. The lowest BCUT2D eigenvalue weighted by Crippen LogP contribution is -1.89. The number of fused-ring (bicyclic) bond motifs is 1. The average molecular weight is 458 g/mol. The van der Waals surface area contributed by atoms with E-state index in [2.05, 4.69) is 25.9 Å². The molecule has 0 saturated carbocycles. The number of methoxy groups -OCH3 is 1. The van der Waals surface area contributed by atoms with Crippen molar-refractivity contribution < 1.29 is 14.3 Å². The number of rotatable bonds is 4. The van der Waals surface area contributed by atoms with Gasteiger partial charge in [0.15, 0.2) is 17.1 Å². The first-order valence-corrected chi connectivity index (χ1v) is 9.48. The first-order chi connectivity index (χ1) is 13.5. The standard InChI is InChI=1S/C21H14BrClN2O3/c1-27-19-9-13(22)8-12(20(19)26)11-24-14-6-7-18-17(10-14)25-21(28-18)15-4-2-3-5-16(15)23/h2-11,26H,1H3. The minimum absolute atomic E-state index is 0.0259. The maximum Gasteiger partial charge on any atom is 0.228 e. The Morgan fingerprint density at radius 1 is 1.18 bits per heavy atom. The first kappa shape index (κ1) is 18.5. The number of aromatic nitrogens is 1. The van der Waals surface area contributed by atoms with E-state index in [0.717, 1.165) is 10.0 Å². The number of phenolic OH excluding ortho intramolecular Hbond substituents is 1. The second-order valence-electron chi connectivity index (χ2n) is 5.95. The predicted octanol–water partition coefficient (Wildman–Crippen LogP) is 6.38. The van der Waals surface area contributed by atoms with E-state index in [9.17, 15) is 5.11 Å². The van der Waals surface area contributed by atoms with E-state index in [4.69, 9.17) is 20.8 Å². The summed E-state index contributed by atoms with van der Waals surface area (Å²) in [5, 5.41) is 10.8. The number of hydrogen-bond acceptors (Lipinski definition) is 5. The fourth-order valence-electron chi connectivity index (χ4n) is 2.74. The van der Waals surface area contributed by atoms with E-state index in [1.54, 1.807) is 30.5 Å². The van der Waals surface area contributed by atoms with Crippen molar-refractivity contribution in [2.24, 2.45) is 4.99 Å². The van der Waals surface area contributed by atoms with Crippen molar-refractivity contribution in [1.29, 1.82) is 0 Å². The number of benzene rings is 3. The van der Waals surface area contributed by atoms with Crippen molar-refractivity contribution in [3.8, 4) is 23.0 Å². The van der Waals surface area contributed by atoms with Crippen molar-refractivity contribution in [3.63, 3.8) is 0 Å². The molecular formula is C21H14BrClN2O3. The molecule has 0 saturated heterocycles. The lowest BCUT2D eigenvalue weighted by molar-refractivity contribution is 0.373. The molecule has 1 N–H and O–H groups in total. The number of halogens is 2. The molecule has 3 aromatic carbocycles. The fourth-order valence-corrected chi connectivity index (χ4v) is 3.41. The summed E-state index contributed by atoms with van der Waals surface area (Å²) in [7, 11) is 1.50. The maximum atomic E-state index is 10.2. The summed E-state index contributed by atoms with van der Waals surface area (Å²) < 4.78 is 11.7. The van der Waals surface area contributed by atoms with E-state index < -0.39 is 0 Å². The molecule has 4 aromatic rings. The lowest BCUT2D eigenvalue weighted by atomic mass is 10.2. The van der Waals surface area contributed by atoms with Crippen molar-refractivity contribution in [2.75, 3.05) is 7.11 Å². The van der Waals surface area contributed by atoms with Gasteiger partial charge in [-0.3, -0.25) is 4.99 Å². The van der Waals surface area contributed by atoms with Gasteiger partial charge in [0.2, 0.25) is 5.89 Å². The van der Waals surface area contributed by atoms with Crippen LogP contribution < -0.4 is 4.74 Å². The van der Waals surface area contributed by atoms with Gasteiger partial charge in [0, 0.05) is 16.3 Å². The van der Waals surface area contributed by atoms with Crippen molar-refractivity contribution in [2.45, 2.75) is 0 Å². The van der Waals surface area contributed by atoms with Crippen LogP contribution in [0.2, 0.25) is 5.02 Å². The molecule has 28 heavy (non-hydrogen) atoms. The topological polar surface area (TPSA) is 67.9 Å². The molecule has 4 rings (SSSR count). The Bertz CT molecular complexity index is 1200. The summed E-state index contributed by atoms with van der Waals surface area (Å²) in [4.78, 5) is 8.95. The molecule has 0 amide bonds. The molecule has 0 aliphatic carbocycles. The molecule has 0 unspecified atom stereocenters. The van der Waals surface area contributed by atoms with Gasteiger partial charge in [-0.2, -0.15) is 0 Å². The van der Waals surface area contributed by atoms with Crippen LogP contribution in [0.4, 0.5) is 5.69 Å². The van der Waals surface area contributed by atoms with E-state index in [1.165, 1.54) is 7.11 Å². The van der Waals surface area contributed by atoms with Crippen LogP contribution in [-0.4, -0.2) is 23.4 Å². The van der Waals surface area contributed by atoms with Crippen LogP contribution in [0.5, 0.6) is 11.5 Å². The van der Waals surface area contributed by atoms with Gasteiger partial charge in [-0.15, -0.1) is 0 Å². The SMILES string of the molecule is COc1cc(Br)cc(C=Nc2ccc3oc(-c4ccccc4Cl)nc3c2)c1O. The number of aliphatic imine (C=N–C) groups is 1. The molecule has 0 aliphatic heterocycles. The Morgan fingerprint density at radius 2 is 2.00 bits per heavy atom. The molecule has 1 aromatic heterocycles. The molecule has 0 spiro atoms. The summed E-state index contributed by atoms with van der Waals surface area (Å²) >= 11 is 9.62. The van der Waals surface area contributed by atoms with Gasteiger partial charge in [0.05, 0.1) is 23.4 Å². The molecule has 7 heteroatoms. The van der Waals surface area contributed by atoms with Crippen molar-refractivity contribution in [3.05, 3.63) is 69.7 Å². The van der Waals surface area contributed by atoms with Crippen LogP contribution in [0.25, 0.3) is 22.6 Å². The quantitative estimate of drug-likeness (QED) is 0.361. The highest BCUT2D eigenvalue weighted by Gasteiger charge is 2.12. The average Bonchev–Trinajstić information content (AvgIpc) is 3.11. The van der Waals surface area contributed by atoms with Crippen LogP contribution in [0, 0.1) is 0 Å². The van der Waals surface area contributed by atoms with Crippen LogP contribution in [0.1, 0.15) is 5.56 Å². The minimum Gasteiger partial charge on any atom is -0.504 e. The van der Waals surface area contributed by atoms with Crippen LogP contribution >= 0.6 is 27.5 Å². The summed E-state index contributed by atoms with van der Waals surface area (Å²) in [5.74, 6) is 0.848. The van der Waals surface area contributed by atoms with Gasteiger partial charge in [-0.05, 0) is 42.5 Å². The molecule has 1 heterocycles. The van der Waals surface area contributed by atoms with E-state index >= 15 is 0 Å². The van der Waals surface area contributed by atoms with Crippen molar-refractivity contribution >= 4 is 50.5 Å². The highest BCUT2D eigenvalue weighted by Crippen LogP contribution is 2.34. The second-order valence-corrected chi connectivity index (χ2v) is 7.28. The highest BCUT2D eigenvalue weighted by atomic mass is 79.9. The zero-order chi connectivity index (χ0) is 19.7. The molecule has 0 radical (unpaired) electrons. The molecular weight excluding hydrogens is 444 g/mol. The molecule has 5 nitrogen and oxygen atoms in total. The first-order valence-electron chi connectivity index (χ1n) is 8.31. The molecule has 0 fully saturated rings. The number of oxazole rings is 1. The molecule has 140 valence electrons. The van der Waals surface area contributed by atoms with Crippen LogP contribution in [-0.2, 0) is 0 Å². The molecule has 0 aliphatic rings. The zero-order valence-corrected chi connectivity index (χ0v) is 17.0. The van der Waals surface area contributed by atoms with Crippen molar-refractivity contribution in [1.82, 2.24) is 4.98 Å². The molecule has 0 atom stereocenters. The third kappa shape index (κ3) is 3.61. The Kier molecular flexibility index (Phi) is 5.07. The summed E-state index contributed by atoms with van der Waals surface area (Å²) in [6, 6.07) is 16.2. The van der Waals surface area contributed by atoms with Crippen LogP contribution in [0.15, 0.2) is 68.5 Å². The molecule has 0 bridgehead atoms. The van der Waals surface area contributed by atoms with Gasteiger partial charge in [-0.1, -0.05) is 39.7 Å². The normalized spacial score (nSPS) is 11.4. The Labute approximate surface area is 174 Å². The summed E-state index contributed by atoms with van der Waals surface area (Å²) in [6.45, 7) is 0. The number of ether oxygens (including phenoxy) is 1. The van der Waals surface area contributed by atoms with E-state index in [1.807, 2.05) is 30.3 Å². The van der Waals surface area contributed by atoms with E-state index in [-0.39, 0.29) is 5.75 Å². The summed E-state index contributed by atoms with van der Waals surface area (Å²) in [5.41, 5.74) is 3.24. The lowest BCUT2D eigenvalue weighted by Gasteiger charge is -2.06. The van der Waals surface area contributed by atoms with Gasteiger partial charge in [0.25, 0.3) is 0 Å². The summed E-state index contributed by atoms with van der Waals surface area (Å²) in [6.07, 6.45) is 1.57. The van der Waals surface area contributed by atoms with Gasteiger partial charge < -0.3 is 14.3 Å². The number of nitrogens with zero attached hydrogens (tertiary/aromatic N) is 2. The van der Waals surface area contributed by atoms with Gasteiger partial charge in [-0.25, -0.2) is 4.98 Å². The van der Waals surface area contributed by atoms with Gasteiger partial charge in [0.1, 0.15) is 5.52 Å². The van der Waals surface area contributed by atoms with Gasteiger partial charge >= 0.3 is 0 Å². The van der Waals surface area contributed by atoms with Crippen LogP contribution in [0.3, 0.4) is 0 Å². The third-order valence-electron chi connectivity index (χ3n) is 4.12.